The molecule has 1 aromatic carbocycles. The van der Waals surface area contributed by atoms with Crippen LogP contribution in [0.2, 0.25) is 0 Å². The number of rotatable bonds is 2. The van der Waals surface area contributed by atoms with Gasteiger partial charge in [0.05, 0.1) is 36.3 Å². The maximum Gasteiger partial charge on any atom is 0.322 e. The summed E-state index contributed by atoms with van der Waals surface area (Å²) in [4.78, 5) is 16.7. The second-order valence-electron chi connectivity index (χ2n) is 6.74. The highest BCUT2D eigenvalue weighted by molar-refractivity contribution is 5.93. The van der Waals surface area contributed by atoms with Crippen LogP contribution in [0.5, 0.6) is 0 Å². The summed E-state index contributed by atoms with van der Waals surface area (Å²) in [6.45, 7) is 9.65. The average molecular weight is 333 g/mol. The maximum absolute atomic E-state index is 12.6. The molecule has 2 fully saturated rings. The molecule has 0 aliphatic carbocycles. The normalized spacial score (nSPS) is 27.9. The zero-order valence-electron chi connectivity index (χ0n) is 14.7. The summed E-state index contributed by atoms with van der Waals surface area (Å²) < 4.78 is 11.3. The van der Waals surface area contributed by atoms with E-state index in [-0.39, 0.29) is 24.3 Å². The average Bonchev–Trinajstić information content (AvgIpc) is 2.54. The third-order valence-corrected chi connectivity index (χ3v) is 4.43. The summed E-state index contributed by atoms with van der Waals surface area (Å²) in [6, 6.07) is 7.91. The largest absolute Gasteiger partial charge is 0.375 e. The fourth-order valence-corrected chi connectivity index (χ4v) is 3.43. The van der Waals surface area contributed by atoms with Crippen LogP contribution < -0.4 is 10.2 Å². The van der Waals surface area contributed by atoms with E-state index in [1.807, 2.05) is 30.0 Å². The monoisotopic (exact) mass is 333 g/mol. The molecule has 24 heavy (non-hydrogen) atoms. The summed E-state index contributed by atoms with van der Waals surface area (Å²) in [5, 5.41) is 3.08. The number of hydrogen-bond acceptors (Lipinski definition) is 4. The van der Waals surface area contributed by atoms with E-state index in [9.17, 15) is 4.79 Å². The third-order valence-electron chi connectivity index (χ3n) is 4.43. The molecule has 2 saturated heterocycles. The van der Waals surface area contributed by atoms with Crippen molar-refractivity contribution < 1.29 is 14.3 Å². The SMILES string of the molecule is CC1CN(C(=O)Nc2ccccc2N2CC(C)OC(C)C2)CCO1. The minimum absolute atomic E-state index is 0.0630. The number of urea groups is 1. The number of nitrogens with one attached hydrogen (secondary N) is 1. The van der Waals surface area contributed by atoms with Crippen LogP contribution in [0.15, 0.2) is 24.3 Å². The van der Waals surface area contributed by atoms with Crippen molar-refractivity contribution in [1.29, 1.82) is 0 Å². The van der Waals surface area contributed by atoms with Gasteiger partial charge in [-0.15, -0.1) is 0 Å². The maximum atomic E-state index is 12.6. The molecule has 3 unspecified atom stereocenters. The molecular weight excluding hydrogens is 306 g/mol. The van der Waals surface area contributed by atoms with Crippen molar-refractivity contribution in [3.05, 3.63) is 24.3 Å². The van der Waals surface area contributed by atoms with Gasteiger partial charge in [-0.25, -0.2) is 4.79 Å². The van der Waals surface area contributed by atoms with Crippen LogP contribution in [0.25, 0.3) is 0 Å². The van der Waals surface area contributed by atoms with Crippen molar-refractivity contribution in [2.75, 3.05) is 43.0 Å². The van der Waals surface area contributed by atoms with E-state index in [0.717, 1.165) is 24.5 Å². The number of benzene rings is 1. The van der Waals surface area contributed by atoms with E-state index < -0.39 is 0 Å². The Bertz CT molecular complexity index is 570. The van der Waals surface area contributed by atoms with Gasteiger partial charge >= 0.3 is 6.03 Å². The number of anilines is 2. The number of morpholine rings is 2. The topological polar surface area (TPSA) is 54.0 Å². The zero-order valence-corrected chi connectivity index (χ0v) is 14.7. The molecule has 2 amide bonds. The Morgan fingerprint density at radius 3 is 2.50 bits per heavy atom. The van der Waals surface area contributed by atoms with E-state index in [4.69, 9.17) is 9.47 Å². The Hall–Kier alpha value is -1.79. The molecule has 3 rings (SSSR count). The summed E-state index contributed by atoms with van der Waals surface area (Å²) in [7, 11) is 0. The van der Waals surface area contributed by atoms with Crippen LogP contribution in [-0.2, 0) is 9.47 Å². The molecule has 0 saturated carbocycles. The van der Waals surface area contributed by atoms with Gasteiger partial charge in [0.15, 0.2) is 0 Å². The summed E-state index contributed by atoms with van der Waals surface area (Å²) in [5.41, 5.74) is 1.90. The predicted octanol–water partition coefficient (Wildman–Crippen LogP) is 2.55. The first-order valence-corrected chi connectivity index (χ1v) is 8.70. The van der Waals surface area contributed by atoms with E-state index in [1.165, 1.54) is 0 Å². The molecule has 0 bridgehead atoms. The lowest BCUT2D eigenvalue weighted by Crippen LogP contribution is -2.47. The van der Waals surface area contributed by atoms with Crippen LogP contribution >= 0.6 is 0 Å². The Labute approximate surface area is 143 Å². The van der Waals surface area contributed by atoms with Gasteiger partial charge in [-0.1, -0.05) is 12.1 Å². The number of amides is 2. The van der Waals surface area contributed by atoms with Crippen molar-refractivity contribution in [2.24, 2.45) is 0 Å². The van der Waals surface area contributed by atoms with E-state index in [1.54, 1.807) is 0 Å². The molecule has 2 heterocycles. The Balaban J connectivity index is 1.73. The lowest BCUT2D eigenvalue weighted by atomic mass is 10.1. The first-order valence-electron chi connectivity index (χ1n) is 8.70. The number of carbonyl (C=O) groups is 1. The molecule has 2 aliphatic heterocycles. The minimum atomic E-state index is -0.0630. The number of ether oxygens (including phenoxy) is 2. The number of carbonyl (C=O) groups excluding carboxylic acids is 1. The molecule has 6 nitrogen and oxygen atoms in total. The Morgan fingerprint density at radius 2 is 1.79 bits per heavy atom. The van der Waals surface area contributed by atoms with Crippen LogP contribution in [0, 0.1) is 0 Å². The molecule has 1 N–H and O–H groups in total. The third kappa shape index (κ3) is 3.99. The fraction of sp³-hybridized carbons (Fsp3) is 0.611. The number of para-hydroxylation sites is 2. The van der Waals surface area contributed by atoms with E-state index >= 15 is 0 Å². The molecule has 2 aliphatic rings. The van der Waals surface area contributed by atoms with E-state index in [2.05, 4.69) is 30.1 Å². The van der Waals surface area contributed by atoms with Gasteiger partial charge in [-0.3, -0.25) is 0 Å². The lowest BCUT2D eigenvalue weighted by Gasteiger charge is -2.38. The van der Waals surface area contributed by atoms with Crippen LogP contribution in [0.4, 0.5) is 16.2 Å². The van der Waals surface area contributed by atoms with Crippen molar-refractivity contribution in [3.63, 3.8) is 0 Å². The Kier molecular flexibility index (Phi) is 5.26. The molecule has 6 heteroatoms. The molecule has 132 valence electrons. The van der Waals surface area contributed by atoms with Crippen LogP contribution in [0.3, 0.4) is 0 Å². The van der Waals surface area contributed by atoms with Crippen LogP contribution in [0.1, 0.15) is 20.8 Å². The second kappa shape index (κ2) is 7.40. The van der Waals surface area contributed by atoms with Gasteiger partial charge in [-0.05, 0) is 32.9 Å². The fourth-order valence-electron chi connectivity index (χ4n) is 3.43. The smallest absolute Gasteiger partial charge is 0.322 e. The van der Waals surface area contributed by atoms with E-state index in [0.29, 0.717) is 19.7 Å². The lowest BCUT2D eigenvalue weighted by molar-refractivity contribution is -0.00521. The molecular formula is C18H27N3O3. The first kappa shape index (κ1) is 17.0. The first-order chi connectivity index (χ1) is 11.5. The highest BCUT2D eigenvalue weighted by Gasteiger charge is 2.26. The molecule has 0 aromatic heterocycles. The molecule has 0 radical (unpaired) electrons. The van der Waals surface area contributed by atoms with Gasteiger partial charge in [0.1, 0.15) is 0 Å². The summed E-state index contributed by atoms with van der Waals surface area (Å²) in [5.74, 6) is 0. The predicted molar refractivity (Wildman–Crippen MR) is 94.7 cm³/mol. The van der Waals surface area contributed by atoms with Gasteiger partial charge < -0.3 is 24.6 Å². The molecule has 1 aromatic rings. The van der Waals surface area contributed by atoms with Gasteiger partial charge in [0.2, 0.25) is 0 Å². The highest BCUT2D eigenvalue weighted by atomic mass is 16.5. The standard InChI is InChI=1S/C18H27N3O3/c1-13-10-20(8-9-23-13)18(22)19-16-6-4-5-7-17(16)21-11-14(2)24-15(3)12-21/h4-7,13-15H,8-12H2,1-3H3,(H,19,22). The zero-order chi connectivity index (χ0) is 17.1. The summed E-state index contributed by atoms with van der Waals surface area (Å²) in [6.07, 6.45) is 0.441. The van der Waals surface area contributed by atoms with Gasteiger partial charge in [0, 0.05) is 26.2 Å². The highest BCUT2D eigenvalue weighted by Crippen LogP contribution is 2.28. The van der Waals surface area contributed by atoms with Crippen molar-refractivity contribution in [1.82, 2.24) is 4.90 Å². The minimum Gasteiger partial charge on any atom is -0.375 e. The molecule has 3 atom stereocenters. The number of hydrogen-bond donors (Lipinski definition) is 1. The molecule has 0 spiro atoms. The van der Waals surface area contributed by atoms with Crippen molar-refractivity contribution >= 4 is 17.4 Å². The second-order valence-corrected chi connectivity index (χ2v) is 6.74. The number of nitrogens with zero attached hydrogens (tertiary/aromatic N) is 2. The van der Waals surface area contributed by atoms with Gasteiger partial charge in [0.25, 0.3) is 0 Å². The van der Waals surface area contributed by atoms with Crippen molar-refractivity contribution in [3.8, 4) is 0 Å². The van der Waals surface area contributed by atoms with Crippen molar-refractivity contribution in [2.45, 2.75) is 39.1 Å². The Morgan fingerprint density at radius 1 is 1.08 bits per heavy atom. The van der Waals surface area contributed by atoms with Gasteiger partial charge in [-0.2, -0.15) is 0 Å². The quantitative estimate of drug-likeness (QED) is 0.904. The summed E-state index contributed by atoms with van der Waals surface area (Å²) >= 11 is 0. The van der Waals surface area contributed by atoms with Crippen LogP contribution in [-0.4, -0.2) is 62.0 Å².